The van der Waals surface area contributed by atoms with Crippen molar-refractivity contribution in [2.24, 2.45) is 0 Å². The summed E-state index contributed by atoms with van der Waals surface area (Å²) in [5.41, 5.74) is 2.30. The predicted molar refractivity (Wildman–Crippen MR) is 115 cm³/mol. The molecule has 1 aromatic heterocycles. The highest BCUT2D eigenvalue weighted by atomic mass is 35.5. The van der Waals surface area contributed by atoms with Crippen LogP contribution >= 0.6 is 22.9 Å². The summed E-state index contributed by atoms with van der Waals surface area (Å²) in [6, 6.07) is 15.3. The molecular weight excluding hydrogens is 408 g/mol. The number of benzene rings is 2. The molecule has 1 fully saturated rings. The lowest BCUT2D eigenvalue weighted by Crippen LogP contribution is -2.31. The smallest absolute Gasteiger partial charge is 0.270 e. The molecule has 1 amide bonds. The lowest BCUT2D eigenvalue weighted by atomic mass is 10.2. The van der Waals surface area contributed by atoms with Crippen LogP contribution in [0, 0.1) is 0 Å². The Labute approximate surface area is 178 Å². The lowest BCUT2D eigenvalue weighted by molar-refractivity contribution is 0.0854. The molecule has 0 bridgehead atoms. The Balaban J connectivity index is 1.43. The fourth-order valence-corrected chi connectivity index (χ4v) is 4.07. The Hall–Kier alpha value is -2.41. The molecule has 1 N–H and O–H groups in total. The van der Waals surface area contributed by atoms with Gasteiger partial charge in [0.15, 0.2) is 0 Å². The number of thiazole rings is 1. The van der Waals surface area contributed by atoms with Crippen LogP contribution < -0.4 is 10.1 Å². The SMILES string of the molecule is O=C(NCC1CCCO1)c1csc(-c2ccccc2OCc2ccc(Cl)cc2)n1. The molecule has 3 aromatic rings. The Bertz CT molecular complexity index is 968. The minimum Gasteiger partial charge on any atom is -0.488 e. The van der Waals surface area contributed by atoms with E-state index in [1.807, 2.05) is 48.5 Å². The number of halogens is 1. The summed E-state index contributed by atoms with van der Waals surface area (Å²) < 4.78 is 11.6. The first kappa shape index (κ1) is 19.9. The molecule has 0 spiro atoms. The fourth-order valence-electron chi connectivity index (χ4n) is 3.12. The van der Waals surface area contributed by atoms with E-state index in [2.05, 4.69) is 10.3 Å². The number of carbonyl (C=O) groups is 1. The van der Waals surface area contributed by atoms with Crippen molar-refractivity contribution < 1.29 is 14.3 Å². The maximum atomic E-state index is 12.4. The molecule has 1 atom stereocenters. The Morgan fingerprint density at radius 2 is 2.07 bits per heavy atom. The average Bonchev–Trinajstić information content (AvgIpc) is 3.44. The first-order valence-corrected chi connectivity index (χ1v) is 10.8. The molecule has 2 aromatic carbocycles. The normalized spacial score (nSPS) is 16.0. The highest BCUT2D eigenvalue weighted by Crippen LogP contribution is 2.32. The van der Waals surface area contributed by atoms with Crippen LogP contribution in [0.3, 0.4) is 0 Å². The molecule has 7 heteroatoms. The second kappa shape index (κ2) is 9.39. The molecular formula is C22H21ClN2O3S. The number of nitrogens with one attached hydrogen (secondary N) is 1. The molecule has 1 saturated heterocycles. The van der Waals surface area contributed by atoms with Crippen LogP contribution in [0.4, 0.5) is 0 Å². The zero-order chi connectivity index (χ0) is 20.1. The summed E-state index contributed by atoms with van der Waals surface area (Å²) in [6.07, 6.45) is 2.15. The molecule has 4 rings (SSSR count). The van der Waals surface area contributed by atoms with E-state index in [0.717, 1.165) is 41.3 Å². The topological polar surface area (TPSA) is 60.5 Å². The van der Waals surface area contributed by atoms with Crippen molar-refractivity contribution in [3.05, 3.63) is 70.2 Å². The van der Waals surface area contributed by atoms with E-state index in [1.54, 1.807) is 5.38 Å². The lowest BCUT2D eigenvalue weighted by Gasteiger charge is -2.10. The second-order valence-electron chi connectivity index (χ2n) is 6.79. The first-order valence-electron chi connectivity index (χ1n) is 9.51. The monoisotopic (exact) mass is 428 g/mol. The van der Waals surface area contributed by atoms with Crippen molar-refractivity contribution in [1.29, 1.82) is 0 Å². The van der Waals surface area contributed by atoms with Crippen LogP contribution in [0.2, 0.25) is 5.02 Å². The highest BCUT2D eigenvalue weighted by Gasteiger charge is 2.19. The number of hydrogen-bond donors (Lipinski definition) is 1. The van der Waals surface area contributed by atoms with Crippen LogP contribution in [0.15, 0.2) is 53.9 Å². The summed E-state index contributed by atoms with van der Waals surface area (Å²) >= 11 is 7.36. The minimum atomic E-state index is -0.178. The molecule has 29 heavy (non-hydrogen) atoms. The van der Waals surface area contributed by atoms with Crippen molar-refractivity contribution >= 4 is 28.8 Å². The van der Waals surface area contributed by atoms with Gasteiger partial charge in [0.1, 0.15) is 23.1 Å². The molecule has 1 unspecified atom stereocenters. The summed E-state index contributed by atoms with van der Waals surface area (Å²) in [5, 5.41) is 6.13. The first-order chi connectivity index (χ1) is 14.2. The van der Waals surface area contributed by atoms with Gasteiger partial charge in [-0.05, 0) is 42.7 Å². The van der Waals surface area contributed by atoms with Crippen LogP contribution in [-0.4, -0.2) is 30.1 Å². The number of amides is 1. The molecule has 0 aliphatic carbocycles. The maximum Gasteiger partial charge on any atom is 0.270 e. The van der Waals surface area contributed by atoms with Crippen molar-refractivity contribution in [2.45, 2.75) is 25.6 Å². The number of aromatic nitrogens is 1. The van der Waals surface area contributed by atoms with Gasteiger partial charge in [-0.2, -0.15) is 0 Å². The van der Waals surface area contributed by atoms with Gasteiger partial charge >= 0.3 is 0 Å². The van der Waals surface area contributed by atoms with Crippen molar-refractivity contribution in [2.75, 3.05) is 13.2 Å². The summed E-state index contributed by atoms with van der Waals surface area (Å²) in [5.74, 6) is 0.547. The van der Waals surface area contributed by atoms with E-state index in [-0.39, 0.29) is 12.0 Å². The molecule has 2 heterocycles. The Kier molecular flexibility index (Phi) is 6.44. The van der Waals surface area contributed by atoms with E-state index in [0.29, 0.717) is 23.9 Å². The standard InChI is InChI=1S/C22H21ClN2O3S/c23-16-9-7-15(8-10-16)13-28-20-6-2-1-5-18(20)22-25-19(14-29-22)21(26)24-12-17-4-3-11-27-17/h1-2,5-10,14,17H,3-4,11-13H2,(H,24,26). The third-order valence-corrected chi connectivity index (χ3v) is 5.80. The average molecular weight is 429 g/mol. The number of ether oxygens (including phenoxy) is 2. The van der Waals surface area contributed by atoms with Crippen molar-refractivity contribution in [3.8, 4) is 16.3 Å². The summed E-state index contributed by atoms with van der Waals surface area (Å²) in [6.45, 7) is 1.72. The van der Waals surface area contributed by atoms with E-state index < -0.39 is 0 Å². The van der Waals surface area contributed by atoms with E-state index in [9.17, 15) is 4.79 Å². The third-order valence-electron chi connectivity index (χ3n) is 4.68. The van der Waals surface area contributed by atoms with Crippen molar-refractivity contribution in [1.82, 2.24) is 10.3 Å². The van der Waals surface area contributed by atoms with Crippen LogP contribution in [0.1, 0.15) is 28.9 Å². The van der Waals surface area contributed by atoms with Gasteiger partial charge in [0.05, 0.1) is 11.7 Å². The fraction of sp³-hybridized carbons (Fsp3) is 0.273. The highest BCUT2D eigenvalue weighted by molar-refractivity contribution is 7.13. The molecule has 150 valence electrons. The zero-order valence-corrected chi connectivity index (χ0v) is 17.3. The van der Waals surface area contributed by atoms with Gasteiger partial charge in [-0.15, -0.1) is 11.3 Å². The van der Waals surface area contributed by atoms with E-state index >= 15 is 0 Å². The van der Waals surface area contributed by atoms with Gasteiger partial charge in [0.2, 0.25) is 0 Å². The number of nitrogens with zero attached hydrogens (tertiary/aromatic N) is 1. The minimum absolute atomic E-state index is 0.110. The molecule has 0 saturated carbocycles. The van der Waals surface area contributed by atoms with Crippen LogP contribution in [0.5, 0.6) is 5.75 Å². The predicted octanol–water partition coefficient (Wildman–Crippen LogP) is 4.95. The second-order valence-corrected chi connectivity index (χ2v) is 8.09. The number of rotatable bonds is 7. The number of carbonyl (C=O) groups excluding carboxylic acids is 1. The molecule has 1 aliphatic heterocycles. The quantitative estimate of drug-likeness (QED) is 0.578. The Morgan fingerprint density at radius 1 is 1.24 bits per heavy atom. The maximum absolute atomic E-state index is 12.4. The van der Waals surface area contributed by atoms with Gasteiger partial charge in [-0.3, -0.25) is 4.79 Å². The van der Waals surface area contributed by atoms with Gasteiger partial charge < -0.3 is 14.8 Å². The summed E-state index contributed by atoms with van der Waals surface area (Å²) in [7, 11) is 0. The van der Waals surface area contributed by atoms with E-state index in [4.69, 9.17) is 21.1 Å². The van der Waals surface area contributed by atoms with Crippen LogP contribution in [-0.2, 0) is 11.3 Å². The molecule has 5 nitrogen and oxygen atoms in total. The zero-order valence-electron chi connectivity index (χ0n) is 15.8. The van der Waals surface area contributed by atoms with Crippen LogP contribution in [0.25, 0.3) is 10.6 Å². The Morgan fingerprint density at radius 3 is 2.86 bits per heavy atom. The number of hydrogen-bond acceptors (Lipinski definition) is 5. The van der Waals surface area contributed by atoms with Gasteiger partial charge in [0, 0.05) is 23.6 Å². The summed E-state index contributed by atoms with van der Waals surface area (Å²) in [4.78, 5) is 16.9. The number of para-hydroxylation sites is 1. The van der Waals surface area contributed by atoms with Gasteiger partial charge in [0.25, 0.3) is 5.91 Å². The van der Waals surface area contributed by atoms with Gasteiger partial charge in [-0.25, -0.2) is 4.98 Å². The largest absolute Gasteiger partial charge is 0.488 e. The van der Waals surface area contributed by atoms with Gasteiger partial charge in [-0.1, -0.05) is 35.9 Å². The molecule has 1 aliphatic rings. The molecule has 0 radical (unpaired) electrons. The van der Waals surface area contributed by atoms with E-state index in [1.165, 1.54) is 11.3 Å². The van der Waals surface area contributed by atoms with Crippen molar-refractivity contribution in [3.63, 3.8) is 0 Å². The third kappa shape index (κ3) is 5.15.